The van der Waals surface area contributed by atoms with Gasteiger partial charge in [-0.2, -0.15) is 0 Å². The van der Waals surface area contributed by atoms with Crippen LogP contribution in [0, 0.1) is 5.92 Å². The maximum atomic E-state index is 13.6. The monoisotopic (exact) mass is 418 g/mol. The van der Waals surface area contributed by atoms with Gasteiger partial charge in [0.2, 0.25) is 0 Å². The minimum absolute atomic E-state index is 0.121. The minimum atomic E-state index is -0.814. The SMILES string of the molecule is CC(C)CN1C(=O)N(CC2COCCO2)C(=O)C12CCN(c1cc(N)ncn1)CC2. The predicted molar refractivity (Wildman–Crippen MR) is 110 cm³/mol. The van der Waals surface area contributed by atoms with E-state index >= 15 is 0 Å². The highest BCUT2D eigenvalue weighted by Gasteiger charge is 2.58. The first-order chi connectivity index (χ1) is 14.4. The number of carbonyl (C=O) groups is 2. The molecule has 2 N–H and O–H groups in total. The molecule has 1 aromatic heterocycles. The molecule has 0 radical (unpaired) electrons. The topological polar surface area (TPSA) is 114 Å². The Hall–Kier alpha value is -2.46. The molecule has 10 nitrogen and oxygen atoms in total. The van der Waals surface area contributed by atoms with E-state index in [0.717, 1.165) is 5.82 Å². The van der Waals surface area contributed by atoms with Crippen LogP contribution in [0.3, 0.4) is 0 Å². The van der Waals surface area contributed by atoms with Crippen molar-refractivity contribution in [2.24, 2.45) is 5.92 Å². The first-order valence-electron chi connectivity index (χ1n) is 10.6. The third-order valence-corrected chi connectivity index (χ3v) is 6.03. The lowest BCUT2D eigenvalue weighted by atomic mass is 9.85. The van der Waals surface area contributed by atoms with E-state index < -0.39 is 5.54 Å². The Morgan fingerprint density at radius 2 is 2.00 bits per heavy atom. The Morgan fingerprint density at radius 1 is 1.23 bits per heavy atom. The summed E-state index contributed by atoms with van der Waals surface area (Å²) in [5, 5.41) is 0. The van der Waals surface area contributed by atoms with Gasteiger partial charge in [0.05, 0.1) is 32.5 Å². The standard InChI is InChI=1S/C20H30N6O4/c1-14(2)10-26-19(28)25(11-15-12-29-7-8-30-15)18(27)20(26)3-5-24(6-4-20)17-9-16(21)22-13-23-17/h9,13-15H,3-8,10-12H2,1-2H3,(H2,21,22,23). The molecule has 30 heavy (non-hydrogen) atoms. The number of hydrogen-bond acceptors (Lipinski definition) is 8. The number of carbonyl (C=O) groups excluding carboxylic acids is 2. The summed E-state index contributed by atoms with van der Waals surface area (Å²) >= 11 is 0. The maximum Gasteiger partial charge on any atom is 0.327 e. The summed E-state index contributed by atoms with van der Waals surface area (Å²) in [5.74, 6) is 1.29. The number of aromatic nitrogens is 2. The number of hydrogen-bond donors (Lipinski definition) is 1. The van der Waals surface area contributed by atoms with E-state index in [0.29, 0.717) is 58.1 Å². The first kappa shape index (κ1) is 20.8. The Bertz CT molecular complexity index is 789. The van der Waals surface area contributed by atoms with Crippen LogP contribution >= 0.6 is 0 Å². The van der Waals surface area contributed by atoms with Gasteiger partial charge < -0.3 is 25.0 Å². The smallest absolute Gasteiger partial charge is 0.327 e. The van der Waals surface area contributed by atoms with Gasteiger partial charge >= 0.3 is 6.03 Å². The van der Waals surface area contributed by atoms with Crippen molar-refractivity contribution >= 4 is 23.6 Å². The van der Waals surface area contributed by atoms with Crippen LogP contribution in [0.1, 0.15) is 26.7 Å². The van der Waals surface area contributed by atoms with Crippen molar-refractivity contribution in [3.05, 3.63) is 12.4 Å². The molecule has 1 aromatic rings. The van der Waals surface area contributed by atoms with Crippen LogP contribution < -0.4 is 10.6 Å². The molecule has 164 valence electrons. The third-order valence-electron chi connectivity index (χ3n) is 6.03. The zero-order valence-electron chi connectivity index (χ0n) is 17.6. The largest absolute Gasteiger partial charge is 0.384 e. The second-order valence-corrected chi connectivity index (χ2v) is 8.59. The molecule has 0 aliphatic carbocycles. The van der Waals surface area contributed by atoms with Gasteiger partial charge in [0, 0.05) is 25.7 Å². The molecule has 0 bridgehead atoms. The van der Waals surface area contributed by atoms with Gasteiger partial charge in [0.15, 0.2) is 0 Å². The van der Waals surface area contributed by atoms with Gasteiger partial charge in [0.25, 0.3) is 5.91 Å². The van der Waals surface area contributed by atoms with Crippen molar-refractivity contribution in [1.82, 2.24) is 19.8 Å². The number of imide groups is 1. The van der Waals surface area contributed by atoms with E-state index in [2.05, 4.69) is 28.7 Å². The summed E-state index contributed by atoms with van der Waals surface area (Å²) in [4.78, 5) is 40.3. The molecular weight excluding hydrogens is 388 g/mol. The number of amides is 3. The highest BCUT2D eigenvalue weighted by molar-refractivity contribution is 6.07. The van der Waals surface area contributed by atoms with Gasteiger partial charge in [-0.15, -0.1) is 0 Å². The van der Waals surface area contributed by atoms with Gasteiger partial charge in [0.1, 0.15) is 23.5 Å². The van der Waals surface area contributed by atoms with Crippen molar-refractivity contribution in [1.29, 1.82) is 0 Å². The number of nitrogen functional groups attached to an aromatic ring is 1. The van der Waals surface area contributed by atoms with Crippen LogP contribution in [0.4, 0.5) is 16.4 Å². The van der Waals surface area contributed by atoms with E-state index in [4.69, 9.17) is 15.2 Å². The van der Waals surface area contributed by atoms with Crippen molar-refractivity contribution in [3.63, 3.8) is 0 Å². The fraction of sp³-hybridized carbons (Fsp3) is 0.700. The molecule has 3 fully saturated rings. The van der Waals surface area contributed by atoms with Crippen molar-refractivity contribution in [2.75, 3.05) is 56.6 Å². The lowest BCUT2D eigenvalue weighted by molar-refractivity contribution is -0.138. The average molecular weight is 418 g/mol. The lowest BCUT2D eigenvalue weighted by Crippen LogP contribution is -2.57. The summed E-state index contributed by atoms with van der Waals surface area (Å²) in [6.45, 7) is 7.56. The molecule has 3 aliphatic rings. The third kappa shape index (κ3) is 3.81. The van der Waals surface area contributed by atoms with Crippen LogP contribution in [0.5, 0.6) is 0 Å². The number of nitrogens with zero attached hydrogens (tertiary/aromatic N) is 5. The van der Waals surface area contributed by atoms with Crippen LogP contribution in [0.15, 0.2) is 12.4 Å². The minimum Gasteiger partial charge on any atom is -0.384 e. The quantitative estimate of drug-likeness (QED) is 0.696. The molecule has 0 aromatic carbocycles. The summed E-state index contributed by atoms with van der Waals surface area (Å²) in [7, 11) is 0. The summed E-state index contributed by atoms with van der Waals surface area (Å²) < 4.78 is 11.1. The van der Waals surface area contributed by atoms with Crippen LogP contribution in [-0.4, -0.2) is 89.3 Å². The molecule has 0 saturated carbocycles. The molecule has 4 heterocycles. The first-order valence-corrected chi connectivity index (χ1v) is 10.6. The number of rotatable bonds is 5. The normalized spacial score (nSPS) is 24.4. The second kappa shape index (κ2) is 8.35. The molecule has 4 rings (SSSR count). The van der Waals surface area contributed by atoms with E-state index in [1.54, 1.807) is 11.0 Å². The fourth-order valence-electron chi connectivity index (χ4n) is 4.53. The van der Waals surface area contributed by atoms with Crippen molar-refractivity contribution < 1.29 is 19.1 Å². The van der Waals surface area contributed by atoms with Gasteiger partial charge in [-0.3, -0.25) is 9.69 Å². The number of nitrogens with two attached hydrogens (primary N) is 1. The Balaban J connectivity index is 1.53. The zero-order valence-corrected chi connectivity index (χ0v) is 17.6. The zero-order chi connectivity index (χ0) is 21.3. The van der Waals surface area contributed by atoms with Gasteiger partial charge in [-0.25, -0.2) is 14.8 Å². The summed E-state index contributed by atoms with van der Waals surface area (Å²) in [6, 6.07) is 1.51. The maximum absolute atomic E-state index is 13.6. The van der Waals surface area contributed by atoms with E-state index in [9.17, 15) is 9.59 Å². The molecule has 1 unspecified atom stereocenters. The van der Waals surface area contributed by atoms with Gasteiger partial charge in [-0.1, -0.05) is 13.8 Å². The van der Waals surface area contributed by atoms with Crippen molar-refractivity contribution in [3.8, 4) is 0 Å². The van der Waals surface area contributed by atoms with Crippen LogP contribution in [0.25, 0.3) is 0 Å². The number of piperidine rings is 1. The number of ether oxygens (including phenoxy) is 2. The number of urea groups is 1. The Labute approximate surface area is 176 Å². The number of anilines is 2. The lowest BCUT2D eigenvalue weighted by Gasteiger charge is -2.43. The van der Waals surface area contributed by atoms with Crippen LogP contribution in [0.2, 0.25) is 0 Å². The summed E-state index contributed by atoms with van der Waals surface area (Å²) in [5.41, 5.74) is 4.98. The van der Waals surface area contributed by atoms with E-state index in [1.807, 2.05) is 0 Å². The molecular formula is C20H30N6O4. The molecule has 1 atom stereocenters. The fourth-order valence-corrected chi connectivity index (χ4v) is 4.53. The van der Waals surface area contributed by atoms with E-state index in [1.165, 1.54) is 11.2 Å². The Morgan fingerprint density at radius 3 is 2.63 bits per heavy atom. The second-order valence-electron chi connectivity index (χ2n) is 8.59. The average Bonchev–Trinajstić information content (AvgIpc) is 2.91. The van der Waals surface area contributed by atoms with Crippen molar-refractivity contribution in [2.45, 2.75) is 38.3 Å². The highest BCUT2D eigenvalue weighted by Crippen LogP contribution is 2.39. The predicted octanol–water partition coefficient (Wildman–Crippen LogP) is 0.733. The molecule has 3 saturated heterocycles. The molecule has 10 heteroatoms. The van der Waals surface area contributed by atoms with E-state index in [-0.39, 0.29) is 30.5 Å². The molecule has 1 spiro atoms. The summed E-state index contributed by atoms with van der Waals surface area (Å²) in [6.07, 6.45) is 2.27. The van der Waals surface area contributed by atoms with Gasteiger partial charge in [-0.05, 0) is 18.8 Å². The molecule has 3 aliphatic heterocycles. The molecule has 3 amide bonds. The highest BCUT2D eigenvalue weighted by atomic mass is 16.6. The van der Waals surface area contributed by atoms with Crippen LogP contribution in [-0.2, 0) is 14.3 Å². The Kier molecular flexibility index (Phi) is 5.79.